The number of carbonyl (C=O) groups is 1. The van der Waals surface area contributed by atoms with Crippen LogP contribution >= 0.6 is 11.6 Å². The summed E-state index contributed by atoms with van der Waals surface area (Å²) in [5, 5.41) is 0. The van der Waals surface area contributed by atoms with Crippen LogP contribution in [0.2, 0.25) is 0 Å². The van der Waals surface area contributed by atoms with Crippen LogP contribution in [0.15, 0.2) is 4.99 Å². The molecule has 0 aromatic heterocycles. The van der Waals surface area contributed by atoms with Crippen LogP contribution < -0.4 is 0 Å². The van der Waals surface area contributed by atoms with Gasteiger partial charge in [-0.15, -0.1) is 0 Å². The van der Waals surface area contributed by atoms with Crippen molar-refractivity contribution in [1.29, 1.82) is 0 Å². The number of alkyl halides is 1. The Morgan fingerprint density at radius 3 is 2.50 bits per heavy atom. The Labute approximate surface area is 53.6 Å². The van der Waals surface area contributed by atoms with Gasteiger partial charge in [-0.2, -0.15) is 0 Å². The number of rotatable bonds is 2. The van der Waals surface area contributed by atoms with Crippen LogP contribution in [0.25, 0.3) is 0 Å². The highest BCUT2D eigenvalue weighted by molar-refractivity contribution is 6.28. The Bertz CT molecular complexity index is 109. The molecule has 46 valence electrons. The summed E-state index contributed by atoms with van der Waals surface area (Å²) in [6.45, 7) is 3.13. The molecular formula is C5H8ClNO. The molecule has 0 bridgehead atoms. The Hall–Kier alpha value is -0.370. The van der Waals surface area contributed by atoms with Crippen LogP contribution in [0, 0.1) is 0 Å². The minimum Gasteiger partial charge on any atom is -0.293 e. The van der Waals surface area contributed by atoms with Gasteiger partial charge in [0.05, 0.1) is 6.21 Å². The van der Waals surface area contributed by atoms with Crippen molar-refractivity contribution in [2.75, 3.05) is 0 Å². The van der Waals surface area contributed by atoms with Gasteiger partial charge >= 0.3 is 0 Å². The van der Waals surface area contributed by atoms with Gasteiger partial charge in [0.25, 0.3) is 0 Å². The lowest BCUT2D eigenvalue weighted by atomic mass is 10.5. The summed E-state index contributed by atoms with van der Waals surface area (Å²) in [5.74, 6) is -0.0718. The zero-order chi connectivity index (χ0) is 6.57. The first kappa shape index (κ1) is 7.63. The molecule has 0 radical (unpaired) electrons. The molecule has 0 amide bonds. The SMILES string of the molecule is CC(=O)C=NC(C)Cl. The van der Waals surface area contributed by atoms with E-state index in [-0.39, 0.29) is 11.3 Å². The Balaban J connectivity index is 3.50. The lowest BCUT2D eigenvalue weighted by Gasteiger charge is -1.87. The molecule has 2 nitrogen and oxygen atoms in total. The van der Waals surface area contributed by atoms with Crippen molar-refractivity contribution in [2.24, 2.45) is 4.99 Å². The third-order valence-corrected chi connectivity index (χ3v) is 0.574. The second-order valence-electron chi connectivity index (χ2n) is 1.46. The highest BCUT2D eigenvalue weighted by Crippen LogP contribution is 1.91. The van der Waals surface area contributed by atoms with E-state index in [1.165, 1.54) is 13.1 Å². The molecule has 0 aromatic rings. The van der Waals surface area contributed by atoms with Crippen LogP contribution in [0.1, 0.15) is 13.8 Å². The number of nitrogens with zero attached hydrogens (tertiary/aromatic N) is 1. The van der Waals surface area contributed by atoms with E-state index in [9.17, 15) is 4.79 Å². The molecule has 0 aromatic carbocycles. The maximum Gasteiger partial charge on any atom is 0.170 e. The molecule has 1 unspecified atom stereocenters. The summed E-state index contributed by atoms with van der Waals surface area (Å²) in [7, 11) is 0. The zero-order valence-electron chi connectivity index (χ0n) is 4.89. The number of carbonyl (C=O) groups excluding carboxylic acids is 1. The van der Waals surface area contributed by atoms with Crippen molar-refractivity contribution in [1.82, 2.24) is 0 Å². The highest BCUT2D eigenvalue weighted by atomic mass is 35.5. The highest BCUT2D eigenvalue weighted by Gasteiger charge is 1.87. The van der Waals surface area contributed by atoms with E-state index < -0.39 is 0 Å². The molecule has 0 heterocycles. The van der Waals surface area contributed by atoms with Crippen LogP contribution in [0.4, 0.5) is 0 Å². The molecule has 0 saturated carbocycles. The van der Waals surface area contributed by atoms with Gasteiger partial charge in [0.2, 0.25) is 0 Å². The number of hydrogen-bond acceptors (Lipinski definition) is 2. The monoisotopic (exact) mass is 133 g/mol. The average Bonchev–Trinajstić information content (AvgIpc) is 1.61. The number of aliphatic imine (C=N–C) groups is 1. The van der Waals surface area contributed by atoms with Crippen molar-refractivity contribution in [2.45, 2.75) is 19.3 Å². The van der Waals surface area contributed by atoms with Crippen molar-refractivity contribution in [3.05, 3.63) is 0 Å². The maximum absolute atomic E-state index is 10.1. The molecule has 3 heteroatoms. The van der Waals surface area contributed by atoms with Gasteiger partial charge in [-0.05, 0) is 6.92 Å². The average molecular weight is 134 g/mol. The molecule has 0 spiro atoms. The third kappa shape index (κ3) is 5.63. The van der Waals surface area contributed by atoms with Crippen LogP contribution in [-0.4, -0.2) is 17.5 Å². The van der Waals surface area contributed by atoms with E-state index in [2.05, 4.69) is 4.99 Å². The second kappa shape index (κ2) is 3.61. The first-order valence-corrected chi connectivity index (χ1v) is 2.74. The summed E-state index contributed by atoms with van der Waals surface area (Å²) in [6, 6.07) is 0. The Morgan fingerprint density at radius 2 is 2.38 bits per heavy atom. The minimum atomic E-state index is -0.293. The third-order valence-electron chi connectivity index (χ3n) is 0.462. The van der Waals surface area contributed by atoms with E-state index in [4.69, 9.17) is 11.6 Å². The summed E-state index contributed by atoms with van der Waals surface area (Å²) in [6.07, 6.45) is 1.22. The molecule has 0 saturated heterocycles. The first-order chi connectivity index (χ1) is 3.63. The zero-order valence-corrected chi connectivity index (χ0v) is 5.64. The largest absolute Gasteiger partial charge is 0.293 e. The van der Waals surface area contributed by atoms with Crippen LogP contribution in [0.3, 0.4) is 0 Å². The predicted octanol–water partition coefficient (Wildman–Crippen LogP) is 1.23. The van der Waals surface area contributed by atoms with Gasteiger partial charge in [-0.1, -0.05) is 11.6 Å². The molecule has 0 rings (SSSR count). The normalized spacial score (nSPS) is 14.4. The summed E-state index contributed by atoms with van der Waals surface area (Å²) < 4.78 is 0. The van der Waals surface area contributed by atoms with Gasteiger partial charge in [0.1, 0.15) is 5.50 Å². The van der Waals surface area contributed by atoms with Crippen molar-refractivity contribution >= 4 is 23.6 Å². The molecule has 1 atom stereocenters. The first-order valence-electron chi connectivity index (χ1n) is 2.30. The van der Waals surface area contributed by atoms with Gasteiger partial charge in [-0.25, -0.2) is 0 Å². The lowest BCUT2D eigenvalue weighted by Crippen LogP contribution is -1.93. The second-order valence-corrected chi connectivity index (χ2v) is 2.09. The molecule has 0 aliphatic heterocycles. The topological polar surface area (TPSA) is 29.4 Å². The van der Waals surface area contributed by atoms with Gasteiger partial charge in [0, 0.05) is 6.92 Å². The maximum atomic E-state index is 10.1. The van der Waals surface area contributed by atoms with Gasteiger partial charge in [0.15, 0.2) is 5.78 Å². The van der Waals surface area contributed by atoms with Crippen LogP contribution in [-0.2, 0) is 4.79 Å². The van der Waals surface area contributed by atoms with Crippen LogP contribution in [0.5, 0.6) is 0 Å². The van der Waals surface area contributed by atoms with Crippen molar-refractivity contribution < 1.29 is 4.79 Å². The van der Waals surface area contributed by atoms with Gasteiger partial charge < -0.3 is 0 Å². The number of ketones is 1. The summed E-state index contributed by atoms with van der Waals surface area (Å²) in [5.41, 5.74) is -0.293. The standard InChI is InChI=1S/C5H8ClNO/c1-4(8)3-7-5(2)6/h3,5H,1-2H3. The van der Waals surface area contributed by atoms with Gasteiger partial charge in [-0.3, -0.25) is 9.79 Å². The molecule has 0 N–H and O–H groups in total. The number of halogens is 1. The van der Waals surface area contributed by atoms with E-state index in [0.29, 0.717) is 0 Å². The smallest absolute Gasteiger partial charge is 0.170 e. The molecule has 0 aliphatic carbocycles. The quantitative estimate of drug-likeness (QED) is 0.317. The summed E-state index contributed by atoms with van der Waals surface area (Å²) >= 11 is 5.37. The minimum absolute atomic E-state index is 0.0718. The molecule has 8 heavy (non-hydrogen) atoms. The predicted molar refractivity (Wildman–Crippen MR) is 34.5 cm³/mol. The fraction of sp³-hybridized carbons (Fsp3) is 0.600. The Kier molecular flexibility index (Phi) is 3.44. The van der Waals surface area contributed by atoms with E-state index in [1.807, 2.05) is 0 Å². The number of hydrogen-bond donors (Lipinski definition) is 0. The number of Topliss-reactive ketones (excluding diaryl/α,β-unsaturated/α-hetero) is 1. The fourth-order valence-electron chi connectivity index (χ4n) is 0.208. The fourth-order valence-corrected chi connectivity index (χ4v) is 0.264. The van der Waals surface area contributed by atoms with Crippen molar-refractivity contribution in [3.8, 4) is 0 Å². The van der Waals surface area contributed by atoms with E-state index >= 15 is 0 Å². The molecule has 0 aliphatic rings. The molecular weight excluding hydrogens is 126 g/mol. The van der Waals surface area contributed by atoms with E-state index in [1.54, 1.807) is 6.92 Å². The molecule has 0 fully saturated rings. The lowest BCUT2D eigenvalue weighted by molar-refractivity contribution is -0.110. The Morgan fingerprint density at radius 1 is 1.88 bits per heavy atom. The summed E-state index contributed by atoms with van der Waals surface area (Å²) in [4.78, 5) is 13.8. The van der Waals surface area contributed by atoms with Crippen molar-refractivity contribution in [3.63, 3.8) is 0 Å². The van der Waals surface area contributed by atoms with E-state index in [0.717, 1.165) is 0 Å².